The van der Waals surface area contributed by atoms with Gasteiger partial charge in [-0.3, -0.25) is 34.2 Å². The van der Waals surface area contributed by atoms with Crippen LogP contribution in [0.2, 0.25) is 0 Å². The number of esters is 1. The zero-order valence-electron chi connectivity index (χ0n) is 25.2. The number of amides is 4. The fourth-order valence-electron chi connectivity index (χ4n) is 4.81. The molecule has 0 saturated heterocycles. The Hall–Kier alpha value is -4.05. The van der Waals surface area contributed by atoms with Crippen molar-refractivity contribution in [3.63, 3.8) is 0 Å². The summed E-state index contributed by atoms with van der Waals surface area (Å²) in [7, 11) is 1.51. The zero-order chi connectivity index (χ0) is 31.0. The molecule has 0 aliphatic carbocycles. The van der Waals surface area contributed by atoms with Crippen LogP contribution in [0.1, 0.15) is 73.7 Å². The highest BCUT2D eigenvalue weighted by atomic mass is 16.6. The average Bonchev–Trinajstić information content (AvgIpc) is 3.17. The van der Waals surface area contributed by atoms with Gasteiger partial charge in [-0.1, -0.05) is 56.3 Å². The highest BCUT2D eigenvalue weighted by molar-refractivity contribution is 6.21. The molecule has 3 atom stereocenters. The van der Waals surface area contributed by atoms with E-state index in [9.17, 15) is 24.0 Å². The molecule has 1 aliphatic rings. The molecule has 0 radical (unpaired) electrons. The summed E-state index contributed by atoms with van der Waals surface area (Å²) in [4.78, 5) is 66.6. The van der Waals surface area contributed by atoms with Crippen LogP contribution in [-0.4, -0.2) is 71.8 Å². The summed E-state index contributed by atoms with van der Waals surface area (Å²) in [6.45, 7) is 9.06. The number of nitrogens with zero attached hydrogens (tertiary/aromatic N) is 1. The molecule has 2 aromatic carbocycles. The van der Waals surface area contributed by atoms with Gasteiger partial charge in [0.15, 0.2) is 0 Å². The second kappa shape index (κ2) is 14.2. The van der Waals surface area contributed by atoms with Gasteiger partial charge in [-0.25, -0.2) is 0 Å². The van der Waals surface area contributed by atoms with Crippen molar-refractivity contribution in [1.29, 1.82) is 0 Å². The number of carbonyl (C=O) groups excluding carboxylic acids is 5. The van der Waals surface area contributed by atoms with Crippen LogP contribution < -0.4 is 16.0 Å². The van der Waals surface area contributed by atoms with E-state index in [1.165, 1.54) is 7.05 Å². The minimum Gasteiger partial charge on any atom is -0.459 e. The summed E-state index contributed by atoms with van der Waals surface area (Å²) in [6.07, 6.45) is 0.686. The fraction of sp³-hybridized carbons (Fsp3) is 0.469. The molecule has 2 aromatic rings. The van der Waals surface area contributed by atoms with E-state index >= 15 is 0 Å². The Labute approximate surface area is 247 Å². The predicted molar refractivity (Wildman–Crippen MR) is 159 cm³/mol. The van der Waals surface area contributed by atoms with E-state index in [0.29, 0.717) is 17.5 Å². The summed E-state index contributed by atoms with van der Waals surface area (Å²) in [5.41, 5.74) is 0.717. The first-order valence-corrected chi connectivity index (χ1v) is 14.3. The van der Waals surface area contributed by atoms with Crippen LogP contribution in [0.15, 0.2) is 54.6 Å². The lowest BCUT2D eigenvalue weighted by Gasteiger charge is -2.30. The number of carbonyl (C=O) groups is 5. The Kier molecular flexibility index (Phi) is 11.0. The maximum atomic E-state index is 13.6. The molecule has 1 unspecified atom stereocenters. The number of fused-ring (bicyclic) bond motifs is 1. The molecule has 3 N–H and O–H groups in total. The van der Waals surface area contributed by atoms with E-state index in [4.69, 9.17) is 4.74 Å². The molecule has 10 nitrogen and oxygen atoms in total. The first kappa shape index (κ1) is 32.5. The van der Waals surface area contributed by atoms with E-state index in [0.717, 1.165) is 10.5 Å². The topological polar surface area (TPSA) is 134 Å². The summed E-state index contributed by atoms with van der Waals surface area (Å²) < 4.78 is 5.65. The second-order valence-corrected chi connectivity index (χ2v) is 11.9. The molecule has 4 amide bonds. The number of benzene rings is 2. The van der Waals surface area contributed by atoms with Crippen LogP contribution in [0, 0.1) is 5.92 Å². The van der Waals surface area contributed by atoms with Gasteiger partial charge < -0.3 is 15.4 Å². The maximum Gasteiger partial charge on any atom is 0.323 e. The Morgan fingerprint density at radius 1 is 0.833 bits per heavy atom. The number of hydrogen-bond acceptors (Lipinski definition) is 7. The van der Waals surface area contributed by atoms with Gasteiger partial charge in [-0.2, -0.15) is 0 Å². The number of nitrogens with one attached hydrogen (secondary N) is 3. The van der Waals surface area contributed by atoms with Crippen LogP contribution in [0.5, 0.6) is 0 Å². The molecule has 0 bridgehead atoms. The number of rotatable bonds is 13. The van der Waals surface area contributed by atoms with Gasteiger partial charge in [0.1, 0.15) is 17.7 Å². The van der Waals surface area contributed by atoms with Gasteiger partial charge in [0.05, 0.1) is 17.2 Å². The number of hydrogen-bond donors (Lipinski definition) is 3. The Morgan fingerprint density at radius 2 is 1.40 bits per heavy atom. The van der Waals surface area contributed by atoms with E-state index in [1.54, 1.807) is 45.0 Å². The van der Waals surface area contributed by atoms with Gasteiger partial charge >= 0.3 is 5.97 Å². The van der Waals surface area contributed by atoms with E-state index < -0.39 is 47.4 Å². The van der Waals surface area contributed by atoms with Gasteiger partial charge in [0, 0.05) is 20.0 Å². The molecular weight excluding hydrogens is 536 g/mol. The van der Waals surface area contributed by atoms with E-state index in [-0.39, 0.29) is 31.2 Å². The molecule has 0 spiro atoms. The van der Waals surface area contributed by atoms with Crippen molar-refractivity contribution in [2.24, 2.45) is 5.92 Å². The molecule has 0 saturated carbocycles. The van der Waals surface area contributed by atoms with Gasteiger partial charge in [-0.05, 0) is 57.2 Å². The van der Waals surface area contributed by atoms with E-state index in [1.807, 2.05) is 44.2 Å². The lowest BCUT2D eigenvalue weighted by molar-refractivity contribution is -0.158. The van der Waals surface area contributed by atoms with Crippen LogP contribution in [0.4, 0.5) is 0 Å². The number of ether oxygens (including phenoxy) is 1. The minimum atomic E-state index is -1.00. The van der Waals surface area contributed by atoms with Gasteiger partial charge in [-0.15, -0.1) is 0 Å². The van der Waals surface area contributed by atoms with Gasteiger partial charge in [0.2, 0.25) is 11.8 Å². The smallest absolute Gasteiger partial charge is 0.323 e. The summed E-state index contributed by atoms with van der Waals surface area (Å²) >= 11 is 0. The van der Waals surface area contributed by atoms with Crippen molar-refractivity contribution in [3.8, 4) is 0 Å². The lowest BCUT2D eigenvalue weighted by atomic mass is 9.99. The molecule has 0 aromatic heterocycles. The SMILES string of the molecule is CNC(=O)[C@H](Cc1ccccc1)NC(=O)[C@H](CC(C)C)NC(CCN1C(=O)c2ccccc2C1=O)C(=O)OC(C)(C)C. The maximum absolute atomic E-state index is 13.6. The standard InChI is InChI=1S/C32H42N4O6/c1-20(2)18-25(28(38)35-26(27(37)33-6)19-21-12-8-7-9-13-21)34-24(31(41)42-32(3,4)5)16-17-36-29(39)22-14-10-11-15-23(22)30(36)40/h7-15,20,24-26,34H,16-19H2,1-6H3,(H,33,37)(H,35,38)/t24?,25-,26-/m0/s1. The molecule has 10 heteroatoms. The third-order valence-electron chi connectivity index (χ3n) is 6.80. The third kappa shape index (κ3) is 8.72. The number of imide groups is 1. The van der Waals surface area contributed by atoms with E-state index in [2.05, 4.69) is 16.0 Å². The van der Waals surface area contributed by atoms with Crippen molar-refractivity contribution in [3.05, 3.63) is 71.3 Å². The first-order chi connectivity index (χ1) is 19.8. The largest absolute Gasteiger partial charge is 0.459 e. The highest BCUT2D eigenvalue weighted by Gasteiger charge is 2.37. The highest BCUT2D eigenvalue weighted by Crippen LogP contribution is 2.23. The van der Waals surface area contributed by atoms with Crippen LogP contribution in [0.25, 0.3) is 0 Å². The molecule has 0 fully saturated rings. The normalized spacial score (nSPS) is 15.2. The molecule has 42 heavy (non-hydrogen) atoms. The van der Waals surface area contributed by atoms with Crippen LogP contribution >= 0.6 is 0 Å². The van der Waals surface area contributed by atoms with Crippen molar-refractivity contribution in [2.75, 3.05) is 13.6 Å². The molecule has 226 valence electrons. The molecular formula is C32H42N4O6. The quantitative estimate of drug-likeness (QED) is 0.246. The van der Waals surface area contributed by atoms with Crippen molar-refractivity contribution in [1.82, 2.24) is 20.9 Å². The fourth-order valence-corrected chi connectivity index (χ4v) is 4.81. The number of likely N-dealkylation sites (N-methyl/N-ethyl adjacent to an activating group) is 1. The van der Waals surface area contributed by atoms with Crippen molar-refractivity contribution in [2.45, 2.75) is 77.6 Å². The predicted octanol–water partition coefficient (Wildman–Crippen LogP) is 2.86. The van der Waals surface area contributed by atoms with Gasteiger partial charge in [0.25, 0.3) is 11.8 Å². The Morgan fingerprint density at radius 3 is 1.93 bits per heavy atom. The second-order valence-electron chi connectivity index (χ2n) is 11.9. The summed E-state index contributed by atoms with van der Waals surface area (Å²) in [5, 5.41) is 8.60. The monoisotopic (exact) mass is 578 g/mol. The average molecular weight is 579 g/mol. The first-order valence-electron chi connectivity index (χ1n) is 14.3. The Bertz CT molecular complexity index is 1250. The lowest BCUT2D eigenvalue weighted by Crippen LogP contribution is -2.57. The summed E-state index contributed by atoms with van der Waals surface area (Å²) in [6, 6.07) is 13.2. The molecule has 3 rings (SSSR count). The Balaban J connectivity index is 1.81. The molecule has 1 aliphatic heterocycles. The zero-order valence-corrected chi connectivity index (χ0v) is 25.2. The summed E-state index contributed by atoms with van der Waals surface area (Å²) in [5.74, 6) is -2.18. The van der Waals surface area contributed by atoms with Crippen LogP contribution in [0.3, 0.4) is 0 Å². The van der Waals surface area contributed by atoms with Crippen molar-refractivity contribution < 1.29 is 28.7 Å². The van der Waals surface area contributed by atoms with Crippen LogP contribution in [-0.2, 0) is 25.5 Å². The van der Waals surface area contributed by atoms with Crippen molar-refractivity contribution >= 4 is 29.6 Å². The minimum absolute atomic E-state index is 0.0329. The third-order valence-corrected chi connectivity index (χ3v) is 6.80. The molecule has 1 heterocycles.